The number of para-hydroxylation sites is 1. The number of aromatic nitrogens is 2. The smallest absolute Gasteiger partial charge is 0.271 e. The summed E-state index contributed by atoms with van der Waals surface area (Å²) in [6, 6.07) is 5.89. The second-order valence-electron chi connectivity index (χ2n) is 4.31. The van der Waals surface area contributed by atoms with E-state index in [9.17, 15) is 4.79 Å². The number of aryl methyl sites for hydroxylation is 1. The summed E-state index contributed by atoms with van der Waals surface area (Å²) in [7, 11) is 1.63. The molecule has 2 heterocycles. The minimum atomic E-state index is -0.0551. The van der Waals surface area contributed by atoms with Crippen LogP contribution in [-0.2, 0) is 6.42 Å². The van der Waals surface area contributed by atoms with Crippen molar-refractivity contribution in [2.75, 3.05) is 18.6 Å². The standard InChI is InChI=1S/C13H13N3O2S/c1-18-10-6-2-4-9-5-3-7-16(12(9)10)13(17)11-8-14-15-19-11/h2,4,6,8H,3,5,7H2,1H3. The number of hydrogen-bond acceptors (Lipinski definition) is 5. The summed E-state index contributed by atoms with van der Waals surface area (Å²) < 4.78 is 9.14. The van der Waals surface area contributed by atoms with Crippen LogP contribution in [0.2, 0.25) is 0 Å². The van der Waals surface area contributed by atoms with Gasteiger partial charge in [0, 0.05) is 6.54 Å². The Morgan fingerprint density at radius 2 is 2.37 bits per heavy atom. The third kappa shape index (κ3) is 2.08. The van der Waals surface area contributed by atoms with Gasteiger partial charge < -0.3 is 9.64 Å². The minimum Gasteiger partial charge on any atom is -0.495 e. The van der Waals surface area contributed by atoms with Gasteiger partial charge in [-0.15, -0.1) is 5.10 Å². The summed E-state index contributed by atoms with van der Waals surface area (Å²) in [5, 5.41) is 3.73. The zero-order chi connectivity index (χ0) is 13.2. The first-order chi connectivity index (χ1) is 9.31. The predicted molar refractivity (Wildman–Crippen MR) is 72.9 cm³/mol. The Balaban J connectivity index is 2.05. The molecule has 98 valence electrons. The largest absolute Gasteiger partial charge is 0.495 e. The van der Waals surface area contributed by atoms with E-state index >= 15 is 0 Å². The molecule has 6 heteroatoms. The second-order valence-corrected chi connectivity index (χ2v) is 5.10. The van der Waals surface area contributed by atoms with Crippen LogP contribution in [0.5, 0.6) is 5.75 Å². The van der Waals surface area contributed by atoms with Gasteiger partial charge in [0.25, 0.3) is 5.91 Å². The molecule has 0 aliphatic carbocycles. The van der Waals surface area contributed by atoms with E-state index in [-0.39, 0.29) is 5.91 Å². The van der Waals surface area contributed by atoms with Gasteiger partial charge in [-0.1, -0.05) is 16.6 Å². The van der Waals surface area contributed by atoms with Crippen molar-refractivity contribution in [3.8, 4) is 5.75 Å². The second kappa shape index (κ2) is 4.97. The van der Waals surface area contributed by atoms with Crippen molar-refractivity contribution in [3.05, 3.63) is 34.8 Å². The Kier molecular flexibility index (Phi) is 3.16. The van der Waals surface area contributed by atoms with Crippen LogP contribution in [0.25, 0.3) is 0 Å². The number of nitrogens with zero attached hydrogens (tertiary/aromatic N) is 3. The molecule has 5 nitrogen and oxygen atoms in total. The number of fused-ring (bicyclic) bond motifs is 1. The molecule has 0 bridgehead atoms. The molecule has 1 amide bonds. The van der Waals surface area contributed by atoms with Crippen molar-refractivity contribution >= 4 is 23.1 Å². The lowest BCUT2D eigenvalue weighted by Crippen LogP contribution is -2.35. The lowest BCUT2D eigenvalue weighted by molar-refractivity contribution is 0.0988. The van der Waals surface area contributed by atoms with E-state index < -0.39 is 0 Å². The molecule has 0 radical (unpaired) electrons. The van der Waals surface area contributed by atoms with Crippen LogP contribution in [0.15, 0.2) is 24.4 Å². The maximum absolute atomic E-state index is 12.5. The first-order valence-corrected chi connectivity index (χ1v) is 6.83. The topological polar surface area (TPSA) is 55.3 Å². The molecular weight excluding hydrogens is 262 g/mol. The number of amides is 1. The molecule has 1 aromatic heterocycles. The lowest BCUT2D eigenvalue weighted by Gasteiger charge is -2.30. The van der Waals surface area contributed by atoms with Gasteiger partial charge in [0.2, 0.25) is 0 Å². The first-order valence-electron chi connectivity index (χ1n) is 6.06. The van der Waals surface area contributed by atoms with Crippen LogP contribution in [0.4, 0.5) is 5.69 Å². The molecule has 2 aromatic rings. The average molecular weight is 275 g/mol. The van der Waals surface area contributed by atoms with Crippen LogP contribution in [0.1, 0.15) is 21.7 Å². The third-order valence-corrected chi connectivity index (χ3v) is 3.87. The van der Waals surface area contributed by atoms with E-state index in [1.54, 1.807) is 12.0 Å². The van der Waals surface area contributed by atoms with Crippen LogP contribution in [-0.4, -0.2) is 29.1 Å². The summed E-state index contributed by atoms with van der Waals surface area (Å²) >= 11 is 1.12. The highest BCUT2D eigenvalue weighted by atomic mass is 32.1. The fourth-order valence-electron chi connectivity index (χ4n) is 2.38. The zero-order valence-electron chi connectivity index (χ0n) is 10.5. The van der Waals surface area contributed by atoms with Gasteiger partial charge in [-0.2, -0.15) is 0 Å². The molecule has 1 aromatic carbocycles. The molecule has 0 unspecified atom stereocenters. The Labute approximate surface area is 115 Å². The number of anilines is 1. The average Bonchev–Trinajstić information content (AvgIpc) is 2.99. The van der Waals surface area contributed by atoms with E-state index in [2.05, 4.69) is 9.59 Å². The number of carbonyl (C=O) groups excluding carboxylic acids is 1. The molecule has 0 N–H and O–H groups in total. The van der Waals surface area contributed by atoms with Gasteiger partial charge in [0.15, 0.2) is 0 Å². The summed E-state index contributed by atoms with van der Waals surface area (Å²) in [4.78, 5) is 14.8. The molecule has 1 aliphatic heterocycles. The first kappa shape index (κ1) is 12.1. The molecule has 0 atom stereocenters. The number of benzene rings is 1. The summed E-state index contributed by atoms with van der Waals surface area (Å²) in [5.41, 5.74) is 2.03. The molecule has 1 aliphatic rings. The van der Waals surface area contributed by atoms with Crippen LogP contribution in [0.3, 0.4) is 0 Å². The highest BCUT2D eigenvalue weighted by molar-refractivity contribution is 7.07. The summed E-state index contributed by atoms with van der Waals surface area (Å²) in [6.07, 6.45) is 3.44. The Hall–Kier alpha value is -1.95. The van der Waals surface area contributed by atoms with E-state index in [1.807, 2.05) is 18.2 Å². The van der Waals surface area contributed by atoms with Crippen molar-refractivity contribution < 1.29 is 9.53 Å². The fourth-order valence-corrected chi connectivity index (χ4v) is 2.84. The summed E-state index contributed by atoms with van der Waals surface area (Å²) in [5.74, 6) is 0.684. The van der Waals surface area contributed by atoms with Crippen LogP contribution >= 0.6 is 11.5 Å². The number of ether oxygens (including phenoxy) is 1. The molecule has 0 saturated heterocycles. The van der Waals surface area contributed by atoms with Gasteiger partial charge in [-0.25, -0.2) is 0 Å². The van der Waals surface area contributed by atoms with Gasteiger partial charge in [0.05, 0.1) is 19.0 Å². The minimum absolute atomic E-state index is 0.0551. The fraction of sp³-hybridized carbons (Fsp3) is 0.308. The van der Waals surface area contributed by atoms with Crippen molar-refractivity contribution in [2.45, 2.75) is 12.8 Å². The third-order valence-electron chi connectivity index (χ3n) is 3.22. The number of hydrogen-bond donors (Lipinski definition) is 0. The van der Waals surface area contributed by atoms with Gasteiger partial charge >= 0.3 is 0 Å². The zero-order valence-corrected chi connectivity index (χ0v) is 11.3. The maximum atomic E-state index is 12.5. The molecule has 19 heavy (non-hydrogen) atoms. The van der Waals surface area contributed by atoms with Crippen molar-refractivity contribution in [1.82, 2.24) is 9.59 Å². The monoisotopic (exact) mass is 275 g/mol. The van der Waals surface area contributed by atoms with Crippen molar-refractivity contribution in [3.63, 3.8) is 0 Å². The Morgan fingerprint density at radius 3 is 3.11 bits per heavy atom. The molecule has 3 rings (SSSR count). The van der Waals surface area contributed by atoms with Gasteiger partial charge in [-0.05, 0) is 36.0 Å². The van der Waals surface area contributed by atoms with Crippen molar-refractivity contribution in [2.24, 2.45) is 0 Å². The van der Waals surface area contributed by atoms with Crippen LogP contribution in [0, 0.1) is 0 Å². The quantitative estimate of drug-likeness (QED) is 0.842. The molecule has 0 spiro atoms. The number of carbonyl (C=O) groups is 1. The predicted octanol–water partition coefficient (Wildman–Crippen LogP) is 2.14. The number of methoxy groups -OCH3 is 1. The van der Waals surface area contributed by atoms with Crippen LogP contribution < -0.4 is 9.64 Å². The number of rotatable bonds is 2. The highest BCUT2D eigenvalue weighted by Crippen LogP contribution is 2.37. The van der Waals surface area contributed by atoms with Crippen molar-refractivity contribution in [1.29, 1.82) is 0 Å². The van der Waals surface area contributed by atoms with Gasteiger partial charge in [0.1, 0.15) is 10.6 Å². The molecule has 0 saturated carbocycles. The normalized spacial score (nSPS) is 14.1. The molecular formula is C13H13N3O2S. The van der Waals surface area contributed by atoms with E-state index in [0.717, 1.165) is 41.4 Å². The van der Waals surface area contributed by atoms with Gasteiger partial charge in [-0.3, -0.25) is 4.79 Å². The SMILES string of the molecule is COc1cccc2c1N(C(=O)c1cnns1)CCC2. The van der Waals surface area contributed by atoms with E-state index in [1.165, 1.54) is 6.20 Å². The molecule has 0 fully saturated rings. The highest BCUT2D eigenvalue weighted by Gasteiger charge is 2.27. The Bertz CT molecular complexity index is 584. The van der Waals surface area contributed by atoms with E-state index in [4.69, 9.17) is 4.74 Å². The Morgan fingerprint density at radius 1 is 1.47 bits per heavy atom. The van der Waals surface area contributed by atoms with E-state index in [0.29, 0.717) is 11.4 Å². The maximum Gasteiger partial charge on any atom is 0.271 e. The summed E-state index contributed by atoms with van der Waals surface area (Å²) in [6.45, 7) is 0.699. The lowest BCUT2D eigenvalue weighted by atomic mass is 10.0.